The number of nitrogens with one attached hydrogen (secondary N) is 2. The molecule has 7 nitrogen and oxygen atoms in total. The van der Waals surface area contributed by atoms with Crippen LogP contribution in [0.2, 0.25) is 5.02 Å². The Morgan fingerprint density at radius 1 is 0.718 bits per heavy atom. The summed E-state index contributed by atoms with van der Waals surface area (Å²) in [7, 11) is 1.84. The van der Waals surface area contributed by atoms with E-state index in [1.54, 1.807) is 12.4 Å². The van der Waals surface area contributed by atoms with Crippen molar-refractivity contribution in [2.45, 2.75) is 0 Å². The van der Waals surface area contributed by atoms with Crippen LogP contribution < -0.4 is 15.4 Å². The van der Waals surface area contributed by atoms with Gasteiger partial charge in [-0.25, -0.2) is 9.97 Å². The number of rotatable bonds is 7. The molecule has 3 aromatic heterocycles. The molecule has 0 bridgehead atoms. The zero-order valence-electron chi connectivity index (χ0n) is 21.0. The summed E-state index contributed by atoms with van der Waals surface area (Å²) in [5.41, 5.74) is 4.39. The Labute approximate surface area is 230 Å². The van der Waals surface area contributed by atoms with Crippen LogP contribution in [0, 0.1) is 0 Å². The Bertz CT molecular complexity index is 1770. The molecular weight excluding hydrogens is 508 g/mol. The number of halogens is 1. The fourth-order valence-electron chi connectivity index (χ4n) is 4.33. The first-order valence-electron chi connectivity index (χ1n) is 12.3. The summed E-state index contributed by atoms with van der Waals surface area (Å²) in [5, 5.41) is 18.1. The van der Waals surface area contributed by atoms with Gasteiger partial charge in [-0.05, 0) is 66.2 Å². The molecule has 0 spiro atoms. The van der Waals surface area contributed by atoms with E-state index in [0.717, 1.165) is 44.7 Å². The van der Waals surface area contributed by atoms with Crippen LogP contribution in [0.3, 0.4) is 0 Å². The summed E-state index contributed by atoms with van der Waals surface area (Å²) in [6, 6.07) is 31.1. The number of anilines is 3. The quantitative estimate of drug-likeness (QED) is 0.216. The monoisotopic (exact) mass is 530 g/mol. The van der Waals surface area contributed by atoms with Gasteiger partial charge in [0.1, 0.15) is 17.3 Å². The number of pyridine rings is 2. The van der Waals surface area contributed by atoms with Gasteiger partial charge in [0.15, 0.2) is 5.82 Å². The molecule has 2 N–H and O–H groups in total. The van der Waals surface area contributed by atoms with Crippen LogP contribution in [0.4, 0.5) is 17.3 Å². The topological polar surface area (TPSA) is 84.9 Å². The van der Waals surface area contributed by atoms with Crippen molar-refractivity contribution in [2.75, 3.05) is 17.7 Å². The predicted octanol–water partition coefficient (Wildman–Crippen LogP) is 7.98. The summed E-state index contributed by atoms with van der Waals surface area (Å²) in [6.07, 6.45) is 3.47. The SMILES string of the molecule is CNc1cc(-c2cccnc2Oc2ccc(Nc3nnc(-c4cccc(Cl)c4)c4ccccc34)cc2)ccn1. The molecule has 6 rings (SSSR count). The number of fused-ring (bicyclic) bond motifs is 1. The minimum atomic E-state index is 0.514. The minimum Gasteiger partial charge on any atom is -0.438 e. The highest BCUT2D eigenvalue weighted by atomic mass is 35.5. The number of hydrogen-bond acceptors (Lipinski definition) is 7. The Balaban J connectivity index is 1.25. The molecule has 0 aliphatic rings. The fourth-order valence-corrected chi connectivity index (χ4v) is 4.52. The van der Waals surface area contributed by atoms with Crippen LogP contribution >= 0.6 is 11.6 Å². The van der Waals surface area contributed by atoms with Gasteiger partial charge in [0, 0.05) is 52.1 Å². The maximum atomic E-state index is 6.22. The fraction of sp³-hybridized carbons (Fsp3) is 0.0323. The van der Waals surface area contributed by atoms with Gasteiger partial charge in [-0.3, -0.25) is 0 Å². The van der Waals surface area contributed by atoms with Crippen LogP contribution in [-0.2, 0) is 0 Å². The van der Waals surface area contributed by atoms with Crippen LogP contribution in [-0.4, -0.2) is 27.2 Å². The Hall–Kier alpha value is -5.01. The predicted molar refractivity (Wildman–Crippen MR) is 157 cm³/mol. The second-order valence-corrected chi connectivity index (χ2v) is 9.18. The number of benzene rings is 3. The summed E-state index contributed by atoms with van der Waals surface area (Å²) in [4.78, 5) is 8.75. The first-order valence-corrected chi connectivity index (χ1v) is 12.7. The van der Waals surface area contributed by atoms with Crippen molar-refractivity contribution in [3.8, 4) is 34.0 Å². The molecule has 0 unspecified atom stereocenters. The molecule has 0 fully saturated rings. The van der Waals surface area contributed by atoms with E-state index >= 15 is 0 Å². The molecule has 190 valence electrons. The number of ether oxygens (including phenoxy) is 1. The third kappa shape index (κ3) is 5.21. The maximum Gasteiger partial charge on any atom is 0.227 e. The van der Waals surface area contributed by atoms with Crippen LogP contribution in [0.1, 0.15) is 0 Å². The molecule has 0 amide bonds. The standard InChI is InChI=1S/C31H23ClN6O/c1-33-28-19-20(15-17-34-28)25-10-5-16-35-31(25)39-24-13-11-23(12-14-24)36-30-27-9-3-2-8-26(27)29(37-38-30)21-6-4-7-22(32)18-21/h2-19H,1H3,(H,33,34)(H,36,38). The van der Waals surface area contributed by atoms with Gasteiger partial charge in [-0.1, -0.05) is 48.0 Å². The van der Waals surface area contributed by atoms with E-state index in [2.05, 4.69) is 30.8 Å². The molecule has 39 heavy (non-hydrogen) atoms. The molecule has 0 saturated carbocycles. The summed E-state index contributed by atoms with van der Waals surface area (Å²) in [6.45, 7) is 0. The van der Waals surface area contributed by atoms with Crippen molar-refractivity contribution in [1.29, 1.82) is 0 Å². The lowest BCUT2D eigenvalue weighted by atomic mass is 10.0. The third-order valence-electron chi connectivity index (χ3n) is 6.22. The minimum absolute atomic E-state index is 0.514. The molecule has 0 saturated heterocycles. The lowest BCUT2D eigenvalue weighted by Gasteiger charge is -2.13. The van der Waals surface area contributed by atoms with Gasteiger partial charge >= 0.3 is 0 Å². The zero-order valence-corrected chi connectivity index (χ0v) is 21.7. The van der Waals surface area contributed by atoms with Crippen LogP contribution in [0.25, 0.3) is 33.2 Å². The van der Waals surface area contributed by atoms with Gasteiger partial charge in [0.25, 0.3) is 0 Å². The van der Waals surface area contributed by atoms with Crippen molar-refractivity contribution in [3.05, 3.63) is 114 Å². The highest BCUT2D eigenvalue weighted by molar-refractivity contribution is 6.30. The van der Waals surface area contributed by atoms with Gasteiger partial charge in [0.05, 0.1) is 0 Å². The van der Waals surface area contributed by atoms with E-state index in [1.807, 2.05) is 104 Å². The first kappa shape index (κ1) is 24.3. The van der Waals surface area contributed by atoms with Gasteiger partial charge in [-0.15, -0.1) is 10.2 Å². The summed E-state index contributed by atoms with van der Waals surface area (Å²) < 4.78 is 6.17. The zero-order chi connectivity index (χ0) is 26.6. The number of nitrogens with zero attached hydrogens (tertiary/aromatic N) is 4. The highest BCUT2D eigenvalue weighted by Gasteiger charge is 2.13. The lowest BCUT2D eigenvalue weighted by molar-refractivity contribution is 0.465. The van der Waals surface area contributed by atoms with Crippen LogP contribution in [0.5, 0.6) is 11.6 Å². The smallest absolute Gasteiger partial charge is 0.227 e. The molecule has 0 aliphatic heterocycles. The average Bonchev–Trinajstić information content (AvgIpc) is 2.98. The Morgan fingerprint density at radius 3 is 2.38 bits per heavy atom. The second kappa shape index (κ2) is 10.8. The van der Waals surface area contributed by atoms with E-state index in [9.17, 15) is 0 Å². The maximum absolute atomic E-state index is 6.22. The molecule has 0 aliphatic carbocycles. The largest absolute Gasteiger partial charge is 0.438 e. The van der Waals surface area contributed by atoms with E-state index in [1.165, 1.54) is 0 Å². The van der Waals surface area contributed by atoms with E-state index < -0.39 is 0 Å². The van der Waals surface area contributed by atoms with Gasteiger partial charge < -0.3 is 15.4 Å². The summed E-state index contributed by atoms with van der Waals surface area (Å²) >= 11 is 6.22. The van der Waals surface area contributed by atoms with Gasteiger partial charge in [-0.2, -0.15) is 0 Å². The Kier molecular flexibility index (Phi) is 6.72. The van der Waals surface area contributed by atoms with Crippen molar-refractivity contribution in [1.82, 2.24) is 20.2 Å². The average molecular weight is 531 g/mol. The molecule has 8 heteroatoms. The van der Waals surface area contributed by atoms with Crippen molar-refractivity contribution in [2.24, 2.45) is 0 Å². The summed E-state index contributed by atoms with van der Waals surface area (Å²) in [5.74, 6) is 2.61. The molecular formula is C31H23ClN6O. The molecule has 3 heterocycles. The Morgan fingerprint density at radius 2 is 1.56 bits per heavy atom. The van der Waals surface area contributed by atoms with E-state index in [4.69, 9.17) is 16.3 Å². The van der Waals surface area contributed by atoms with E-state index in [-0.39, 0.29) is 0 Å². The number of hydrogen-bond donors (Lipinski definition) is 2. The molecule has 6 aromatic rings. The van der Waals surface area contributed by atoms with Gasteiger partial charge in [0.2, 0.25) is 5.88 Å². The lowest BCUT2D eigenvalue weighted by Crippen LogP contribution is -1.99. The second-order valence-electron chi connectivity index (χ2n) is 8.74. The normalized spacial score (nSPS) is 10.8. The molecule has 0 radical (unpaired) electrons. The van der Waals surface area contributed by atoms with Crippen molar-refractivity contribution in [3.63, 3.8) is 0 Å². The first-order chi connectivity index (χ1) is 19.2. The van der Waals surface area contributed by atoms with Crippen molar-refractivity contribution >= 4 is 39.7 Å². The number of aromatic nitrogens is 4. The van der Waals surface area contributed by atoms with E-state index in [0.29, 0.717) is 22.5 Å². The van der Waals surface area contributed by atoms with Crippen molar-refractivity contribution < 1.29 is 4.74 Å². The highest BCUT2D eigenvalue weighted by Crippen LogP contribution is 2.34. The molecule has 3 aromatic carbocycles. The van der Waals surface area contributed by atoms with Crippen LogP contribution in [0.15, 0.2) is 109 Å². The molecule has 0 atom stereocenters. The third-order valence-corrected chi connectivity index (χ3v) is 6.45.